The molecule has 7 heteroatoms. The van der Waals surface area contributed by atoms with E-state index in [0.717, 1.165) is 18.8 Å². The number of rotatable bonds is 6. The van der Waals surface area contributed by atoms with Crippen LogP contribution in [0, 0.1) is 0 Å². The molecule has 0 aliphatic heterocycles. The summed E-state index contributed by atoms with van der Waals surface area (Å²) in [5.41, 5.74) is 2.71. The summed E-state index contributed by atoms with van der Waals surface area (Å²) in [6.45, 7) is 2.93. The SMILES string of the molecule is CCCn1ncnc1CC(NN)c1ccc(Cl)o1. The number of hydrogen-bond acceptors (Lipinski definition) is 5. The monoisotopic (exact) mass is 269 g/mol. The van der Waals surface area contributed by atoms with E-state index in [9.17, 15) is 0 Å². The van der Waals surface area contributed by atoms with Crippen molar-refractivity contribution in [3.63, 3.8) is 0 Å². The summed E-state index contributed by atoms with van der Waals surface area (Å²) in [6, 6.07) is 3.32. The Bertz CT molecular complexity index is 495. The third-order valence-electron chi connectivity index (χ3n) is 2.66. The number of hydrazine groups is 1. The van der Waals surface area contributed by atoms with Gasteiger partial charge in [0, 0.05) is 13.0 Å². The van der Waals surface area contributed by atoms with Crippen LogP contribution in [0.3, 0.4) is 0 Å². The molecule has 98 valence electrons. The standard InChI is InChI=1S/C11H16ClN5O/c1-2-5-17-11(14-7-15-17)6-8(16-13)9-3-4-10(12)18-9/h3-4,7-8,16H,2,5-6,13H2,1H3. The third-order valence-corrected chi connectivity index (χ3v) is 2.86. The van der Waals surface area contributed by atoms with Gasteiger partial charge in [-0.25, -0.2) is 10.4 Å². The Morgan fingerprint density at radius 1 is 1.56 bits per heavy atom. The minimum Gasteiger partial charge on any atom is -0.448 e. The van der Waals surface area contributed by atoms with Crippen LogP contribution in [0.5, 0.6) is 0 Å². The first-order chi connectivity index (χ1) is 8.74. The summed E-state index contributed by atoms with van der Waals surface area (Å²) in [4.78, 5) is 4.24. The fourth-order valence-electron chi connectivity index (χ4n) is 1.78. The van der Waals surface area contributed by atoms with Crippen molar-refractivity contribution < 1.29 is 4.42 Å². The molecule has 2 aromatic rings. The number of nitrogens with one attached hydrogen (secondary N) is 1. The van der Waals surface area contributed by atoms with Gasteiger partial charge in [-0.05, 0) is 30.2 Å². The number of hydrogen-bond donors (Lipinski definition) is 2. The Labute approximate surface area is 110 Å². The molecule has 0 radical (unpaired) electrons. The lowest BCUT2D eigenvalue weighted by molar-refractivity contribution is 0.404. The molecule has 0 saturated carbocycles. The molecule has 6 nitrogen and oxygen atoms in total. The summed E-state index contributed by atoms with van der Waals surface area (Å²) in [6.07, 6.45) is 3.15. The third kappa shape index (κ3) is 2.90. The van der Waals surface area contributed by atoms with Crippen molar-refractivity contribution in [3.05, 3.63) is 35.3 Å². The summed E-state index contributed by atoms with van der Waals surface area (Å²) < 4.78 is 7.22. The van der Waals surface area contributed by atoms with E-state index < -0.39 is 0 Å². The molecule has 0 spiro atoms. The first kappa shape index (κ1) is 13.1. The van der Waals surface area contributed by atoms with Crippen molar-refractivity contribution in [2.45, 2.75) is 32.4 Å². The predicted octanol–water partition coefficient (Wildman–Crippen LogP) is 1.68. The van der Waals surface area contributed by atoms with Crippen LogP contribution in [-0.4, -0.2) is 14.8 Å². The van der Waals surface area contributed by atoms with Crippen LogP contribution in [0.1, 0.15) is 31.0 Å². The highest BCUT2D eigenvalue weighted by Crippen LogP contribution is 2.22. The number of aromatic nitrogens is 3. The molecule has 0 aromatic carbocycles. The average Bonchev–Trinajstić information content (AvgIpc) is 2.96. The van der Waals surface area contributed by atoms with Crippen molar-refractivity contribution in [3.8, 4) is 0 Å². The first-order valence-electron chi connectivity index (χ1n) is 5.82. The molecule has 0 amide bonds. The maximum absolute atomic E-state index is 5.76. The van der Waals surface area contributed by atoms with Crippen molar-refractivity contribution in [1.82, 2.24) is 20.2 Å². The second kappa shape index (κ2) is 5.99. The zero-order chi connectivity index (χ0) is 13.0. The average molecular weight is 270 g/mol. The van der Waals surface area contributed by atoms with E-state index in [1.54, 1.807) is 18.5 Å². The molecule has 1 unspecified atom stereocenters. The van der Waals surface area contributed by atoms with Gasteiger partial charge in [-0.2, -0.15) is 5.10 Å². The van der Waals surface area contributed by atoms with Gasteiger partial charge in [-0.3, -0.25) is 10.5 Å². The number of aryl methyl sites for hydroxylation is 1. The van der Waals surface area contributed by atoms with Gasteiger partial charge < -0.3 is 4.42 Å². The Morgan fingerprint density at radius 2 is 2.39 bits per heavy atom. The van der Waals surface area contributed by atoms with Gasteiger partial charge in [0.2, 0.25) is 0 Å². The summed E-state index contributed by atoms with van der Waals surface area (Å²) in [5, 5.41) is 4.52. The molecule has 0 aliphatic rings. The van der Waals surface area contributed by atoms with Crippen LogP contribution in [0.25, 0.3) is 0 Å². The van der Waals surface area contributed by atoms with Crippen LogP contribution in [-0.2, 0) is 13.0 Å². The first-order valence-corrected chi connectivity index (χ1v) is 6.20. The topological polar surface area (TPSA) is 81.9 Å². The molecule has 0 fully saturated rings. The fourth-order valence-corrected chi connectivity index (χ4v) is 1.94. The molecule has 2 heterocycles. The van der Waals surface area contributed by atoms with Gasteiger partial charge in [0.15, 0.2) is 5.22 Å². The zero-order valence-electron chi connectivity index (χ0n) is 10.1. The van der Waals surface area contributed by atoms with Crippen molar-refractivity contribution in [1.29, 1.82) is 0 Å². The predicted molar refractivity (Wildman–Crippen MR) is 67.8 cm³/mol. The maximum Gasteiger partial charge on any atom is 0.193 e. The number of furan rings is 1. The molecule has 0 bridgehead atoms. The second-order valence-corrected chi connectivity index (χ2v) is 4.34. The minimum atomic E-state index is -0.169. The molecule has 18 heavy (non-hydrogen) atoms. The molecular formula is C11H16ClN5O. The summed E-state index contributed by atoms with van der Waals surface area (Å²) in [7, 11) is 0. The van der Waals surface area contributed by atoms with Crippen molar-refractivity contribution in [2.24, 2.45) is 5.84 Å². The quantitative estimate of drug-likeness (QED) is 0.616. The lowest BCUT2D eigenvalue weighted by Gasteiger charge is -2.13. The highest BCUT2D eigenvalue weighted by Gasteiger charge is 2.17. The minimum absolute atomic E-state index is 0.169. The van der Waals surface area contributed by atoms with Crippen LogP contribution in [0.4, 0.5) is 0 Å². The fraction of sp³-hybridized carbons (Fsp3) is 0.455. The van der Waals surface area contributed by atoms with Gasteiger partial charge in [-0.1, -0.05) is 6.92 Å². The molecular weight excluding hydrogens is 254 g/mol. The molecule has 2 rings (SSSR count). The van der Waals surface area contributed by atoms with E-state index >= 15 is 0 Å². The van der Waals surface area contributed by atoms with E-state index in [1.807, 2.05) is 4.68 Å². The Balaban J connectivity index is 2.12. The van der Waals surface area contributed by atoms with Gasteiger partial charge in [-0.15, -0.1) is 0 Å². The van der Waals surface area contributed by atoms with Crippen LogP contribution >= 0.6 is 11.6 Å². The summed E-state index contributed by atoms with van der Waals surface area (Å²) in [5.74, 6) is 7.10. The van der Waals surface area contributed by atoms with Crippen molar-refractivity contribution >= 4 is 11.6 Å². The van der Waals surface area contributed by atoms with Crippen LogP contribution in [0.2, 0.25) is 5.22 Å². The lowest BCUT2D eigenvalue weighted by Crippen LogP contribution is -2.30. The second-order valence-electron chi connectivity index (χ2n) is 3.96. The number of nitrogens with two attached hydrogens (primary N) is 1. The molecule has 3 N–H and O–H groups in total. The number of halogens is 1. The Kier molecular flexibility index (Phi) is 4.35. The molecule has 0 saturated heterocycles. The summed E-state index contributed by atoms with van der Waals surface area (Å²) >= 11 is 5.76. The number of nitrogens with zero attached hydrogens (tertiary/aromatic N) is 3. The van der Waals surface area contributed by atoms with E-state index in [0.29, 0.717) is 17.4 Å². The normalized spacial score (nSPS) is 12.8. The van der Waals surface area contributed by atoms with Gasteiger partial charge in [0.25, 0.3) is 0 Å². The van der Waals surface area contributed by atoms with Gasteiger partial charge >= 0.3 is 0 Å². The zero-order valence-corrected chi connectivity index (χ0v) is 10.9. The Morgan fingerprint density at radius 3 is 3.00 bits per heavy atom. The Hall–Kier alpha value is -1.37. The van der Waals surface area contributed by atoms with Crippen LogP contribution < -0.4 is 11.3 Å². The highest BCUT2D eigenvalue weighted by molar-refractivity contribution is 6.28. The van der Waals surface area contributed by atoms with Gasteiger partial charge in [0.05, 0.1) is 6.04 Å². The van der Waals surface area contributed by atoms with E-state index in [2.05, 4.69) is 22.4 Å². The smallest absolute Gasteiger partial charge is 0.193 e. The van der Waals surface area contributed by atoms with Crippen LogP contribution in [0.15, 0.2) is 22.9 Å². The van der Waals surface area contributed by atoms with Crippen molar-refractivity contribution in [2.75, 3.05) is 0 Å². The molecule has 2 aromatic heterocycles. The molecule has 0 aliphatic carbocycles. The van der Waals surface area contributed by atoms with E-state index in [4.69, 9.17) is 21.9 Å². The van der Waals surface area contributed by atoms with Gasteiger partial charge in [0.1, 0.15) is 17.9 Å². The molecule has 1 atom stereocenters. The lowest BCUT2D eigenvalue weighted by atomic mass is 10.1. The largest absolute Gasteiger partial charge is 0.448 e. The highest BCUT2D eigenvalue weighted by atomic mass is 35.5. The van der Waals surface area contributed by atoms with E-state index in [-0.39, 0.29) is 6.04 Å². The van der Waals surface area contributed by atoms with E-state index in [1.165, 1.54) is 0 Å². The maximum atomic E-state index is 5.76.